The third-order valence-electron chi connectivity index (χ3n) is 10.6. The van der Waals surface area contributed by atoms with Gasteiger partial charge in [0, 0.05) is 40.8 Å². The van der Waals surface area contributed by atoms with E-state index in [1.165, 1.54) is 32.2 Å². The van der Waals surface area contributed by atoms with Crippen LogP contribution in [-0.2, 0) is 77.9 Å². The lowest BCUT2D eigenvalue weighted by Gasteiger charge is -2.66. The van der Waals surface area contributed by atoms with E-state index in [-0.39, 0.29) is 24.1 Å². The van der Waals surface area contributed by atoms with E-state index in [1.54, 1.807) is 0 Å². The molecule has 4 aliphatic rings. The quantitative estimate of drug-likeness (QED) is 0.306. The van der Waals surface area contributed by atoms with Crippen LogP contribution >= 0.6 is 0 Å². The molecule has 3 heterocycles. The minimum atomic E-state index is -2.80. The molecule has 18 heteroatoms. The van der Waals surface area contributed by atoms with Gasteiger partial charge in [0.2, 0.25) is 0 Å². The molecule has 0 radical (unpaired) electrons. The zero-order valence-electron chi connectivity index (χ0n) is 31.0. The molecule has 294 valence electrons. The van der Waals surface area contributed by atoms with Gasteiger partial charge in [-0.05, 0) is 38.8 Å². The summed E-state index contributed by atoms with van der Waals surface area (Å²) in [7, 11) is 0. The second-order valence-electron chi connectivity index (χ2n) is 14.5. The first kappa shape index (κ1) is 40.2. The molecular weight excluding hydrogens is 718 g/mol. The van der Waals surface area contributed by atoms with Crippen LogP contribution in [0.15, 0.2) is 18.3 Å². The summed E-state index contributed by atoms with van der Waals surface area (Å²) in [4.78, 5) is 111. The third kappa shape index (κ3) is 6.37. The molecule has 1 N–H and O–H groups in total. The minimum Gasteiger partial charge on any atom is -0.465 e. The molecule has 0 aromatic carbocycles. The van der Waals surface area contributed by atoms with Crippen molar-refractivity contribution < 1.29 is 81.4 Å². The molecule has 1 spiro atoms. The third-order valence-corrected chi connectivity index (χ3v) is 10.6. The number of carbonyl (C=O) groups is 8. The van der Waals surface area contributed by atoms with Crippen LogP contribution in [0.4, 0.5) is 0 Å². The van der Waals surface area contributed by atoms with Gasteiger partial charge in [-0.3, -0.25) is 38.5 Å². The van der Waals surface area contributed by atoms with Gasteiger partial charge in [-0.1, -0.05) is 6.92 Å². The van der Waals surface area contributed by atoms with Gasteiger partial charge in [0.15, 0.2) is 35.8 Å². The van der Waals surface area contributed by atoms with Gasteiger partial charge in [0.25, 0.3) is 0 Å². The van der Waals surface area contributed by atoms with Gasteiger partial charge in [-0.15, -0.1) is 0 Å². The van der Waals surface area contributed by atoms with Gasteiger partial charge in [0.05, 0.1) is 23.1 Å². The number of rotatable bonds is 6. The van der Waals surface area contributed by atoms with Crippen molar-refractivity contribution in [3.63, 3.8) is 0 Å². The molecule has 2 aliphatic heterocycles. The zero-order valence-corrected chi connectivity index (χ0v) is 31.0. The summed E-state index contributed by atoms with van der Waals surface area (Å²) in [5, 5.41) is 13.2. The van der Waals surface area contributed by atoms with Crippen LogP contribution in [0.3, 0.4) is 0 Å². The fraction of sp³-hybridized carbons (Fsp3) is 0.639. The number of aromatic nitrogens is 1. The molecule has 2 aliphatic carbocycles. The molecule has 1 unspecified atom stereocenters. The number of hydrogen-bond donors (Lipinski definition) is 1. The first-order chi connectivity index (χ1) is 25.1. The summed E-state index contributed by atoms with van der Waals surface area (Å²) in [6.45, 7) is 6.87. The van der Waals surface area contributed by atoms with Crippen LogP contribution in [-0.4, -0.2) is 118 Å². The number of aryl methyl sites for hydroxylation is 1. The average molecular weight is 762 g/mol. The Kier molecular flexibility index (Phi) is 10.7. The van der Waals surface area contributed by atoms with E-state index < -0.39 is 125 Å². The SMILES string of the molecule is CC(=O)OC[C@]12[C@H](OC(C)=O)C(=O)[C@@H]3[C@@H](OC(C)=O)[C@@]14O[C@@]3(C)COC(=O)c1cccnc1CCC(C)C(=O)O[C@@H]([C@H](OC(C)=O)[C@@H]2OC(C)=O)[C@]4(C)O. The van der Waals surface area contributed by atoms with E-state index in [9.17, 15) is 38.7 Å². The fourth-order valence-electron chi connectivity index (χ4n) is 8.61. The van der Waals surface area contributed by atoms with E-state index in [0.717, 1.165) is 41.5 Å². The number of ether oxygens (including phenoxy) is 8. The van der Waals surface area contributed by atoms with Crippen LogP contribution < -0.4 is 0 Å². The summed E-state index contributed by atoms with van der Waals surface area (Å²) in [6.07, 6.45) is -8.78. The van der Waals surface area contributed by atoms with E-state index in [2.05, 4.69) is 4.98 Å². The highest BCUT2D eigenvalue weighted by molar-refractivity contribution is 5.94. The molecule has 1 saturated heterocycles. The van der Waals surface area contributed by atoms with Crippen molar-refractivity contribution in [2.45, 2.75) is 116 Å². The first-order valence-corrected chi connectivity index (χ1v) is 17.2. The number of nitrogens with zero attached hydrogens (tertiary/aromatic N) is 1. The number of ketones is 1. The lowest BCUT2D eigenvalue weighted by atomic mass is 9.45. The molecule has 18 nitrogen and oxygen atoms in total. The molecule has 54 heavy (non-hydrogen) atoms. The van der Waals surface area contributed by atoms with Crippen LogP contribution in [0, 0.1) is 17.3 Å². The van der Waals surface area contributed by atoms with Gasteiger partial charge < -0.3 is 43.0 Å². The fourth-order valence-corrected chi connectivity index (χ4v) is 8.61. The number of fused-ring (bicyclic) bond motifs is 5. The van der Waals surface area contributed by atoms with Crippen molar-refractivity contribution in [2.24, 2.45) is 17.3 Å². The van der Waals surface area contributed by atoms with E-state index in [4.69, 9.17) is 37.9 Å². The van der Waals surface area contributed by atoms with Crippen molar-refractivity contribution in [1.29, 1.82) is 0 Å². The monoisotopic (exact) mass is 761 g/mol. The molecule has 4 bridgehead atoms. The number of cyclic esters (lactones) is 1. The van der Waals surface area contributed by atoms with Crippen LogP contribution in [0.2, 0.25) is 0 Å². The minimum absolute atomic E-state index is 0.0242. The van der Waals surface area contributed by atoms with Gasteiger partial charge >= 0.3 is 41.8 Å². The Morgan fingerprint density at radius 3 is 2.09 bits per heavy atom. The van der Waals surface area contributed by atoms with E-state index in [0.29, 0.717) is 0 Å². The van der Waals surface area contributed by atoms with Crippen LogP contribution in [0.1, 0.15) is 77.9 Å². The number of esters is 7. The van der Waals surface area contributed by atoms with Crippen LogP contribution in [0.5, 0.6) is 0 Å². The van der Waals surface area contributed by atoms with Gasteiger partial charge in [-0.25, -0.2) is 4.79 Å². The predicted molar refractivity (Wildman–Crippen MR) is 175 cm³/mol. The Morgan fingerprint density at radius 2 is 1.50 bits per heavy atom. The molecule has 11 atom stereocenters. The van der Waals surface area contributed by atoms with E-state index in [1.807, 2.05) is 0 Å². The molecular formula is C36H43NO17. The summed E-state index contributed by atoms with van der Waals surface area (Å²) in [6, 6.07) is 2.93. The Labute approximate surface area is 309 Å². The molecule has 0 amide bonds. The molecule has 1 aromatic rings. The Balaban J connectivity index is 1.94. The number of pyridine rings is 1. The summed E-state index contributed by atoms with van der Waals surface area (Å²) >= 11 is 0. The number of hydrogen-bond acceptors (Lipinski definition) is 18. The summed E-state index contributed by atoms with van der Waals surface area (Å²) in [5.41, 5.74) is -10.0. The van der Waals surface area contributed by atoms with Crippen molar-refractivity contribution in [1.82, 2.24) is 4.98 Å². The molecule has 5 rings (SSSR count). The maximum absolute atomic E-state index is 15.1. The highest BCUT2D eigenvalue weighted by Gasteiger charge is 2.91. The Morgan fingerprint density at radius 1 is 0.889 bits per heavy atom. The topological polar surface area (TPSA) is 244 Å². The largest absolute Gasteiger partial charge is 0.465 e. The lowest BCUT2D eigenvalue weighted by molar-refractivity contribution is -0.376. The molecule has 2 saturated carbocycles. The van der Waals surface area contributed by atoms with Crippen LogP contribution in [0.25, 0.3) is 0 Å². The Hall–Kier alpha value is -4.97. The highest BCUT2D eigenvalue weighted by Crippen LogP contribution is 2.68. The smallest absolute Gasteiger partial charge is 0.340 e. The van der Waals surface area contributed by atoms with Crippen molar-refractivity contribution in [3.05, 3.63) is 29.6 Å². The lowest BCUT2D eigenvalue weighted by Crippen LogP contribution is -2.88. The van der Waals surface area contributed by atoms with Gasteiger partial charge in [0.1, 0.15) is 35.9 Å². The summed E-state index contributed by atoms with van der Waals surface area (Å²) in [5.74, 6) is -10.9. The number of Topliss-reactive ketones (excluding diaryl/α,β-unsaturated/α-hetero) is 1. The predicted octanol–water partition coefficient (Wildman–Crippen LogP) is 0.500. The Bertz CT molecular complexity index is 1770. The van der Waals surface area contributed by atoms with Crippen molar-refractivity contribution in [3.8, 4) is 0 Å². The summed E-state index contributed by atoms with van der Waals surface area (Å²) < 4.78 is 47.2. The standard InChI is InChI=1S/C36H43NO17/c1-16-11-12-23-22(10-9-13-37-23)32(45)48-14-33(7)24-25(43)28(51-20(5)41)35(15-47-17(2)38)30(52-21(6)42)26(49-18(3)39)29(53-31(16)44)34(8,46)36(35,54-33)27(24)50-19(4)40/h9-10,13,16,24,26-30,46H,11-12,14-15H2,1-8H3/t16?,24-,26+,27-,28-,29+,30+,33+,34+,35-,36+/m1/s1. The van der Waals surface area contributed by atoms with Gasteiger partial charge in [-0.2, -0.15) is 0 Å². The van der Waals surface area contributed by atoms with Crippen molar-refractivity contribution >= 4 is 47.6 Å². The molecule has 1 aromatic heterocycles. The second-order valence-corrected chi connectivity index (χ2v) is 14.5. The number of aliphatic hydroxyl groups is 1. The van der Waals surface area contributed by atoms with Crippen molar-refractivity contribution in [2.75, 3.05) is 13.2 Å². The first-order valence-electron chi connectivity index (χ1n) is 17.2. The highest BCUT2D eigenvalue weighted by atomic mass is 16.7. The zero-order chi connectivity index (χ0) is 40.1. The average Bonchev–Trinajstić information content (AvgIpc) is 3.29. The van der Waals surface area contributed by atoms with E-state index >= 15 is 4.79 Å². The second kappa shape index (κ2) is 14.4. The maximum Gasteiger partial charge on any atom is 0.340 e. The maximum atomic E-state index is 15.1. The molecule has 3 fully saturated rings. The number of carbonyl (C=O) groups excluding carboxylic acids is 8. The normalized spacial score (nSPS) is 37.3.